The summed E-state index contributed by atoms with van der Waals surface area (Å²) in [5.74, 6) is 0. The maximum absolute atomic E-state index is 6.07. The van der Waals surface area contributed by atoms with E-state index in [9.17, 15) is 0 Å². The van der Waals surface area contributed by atoms with E-state index >= 15 is 0 Å². The average Bonchev–Trinajstić information content (AvgIpc) is 2.63. The molecular formula is C9H14N2S. The Hall–Kier alpha value is -0.380. The topological polar surface area (TPSA) is 52.0 Å². The van der Waals surface area contributed by atoms with Crippen LogP contribution in [0.15, 0.2) is 11.4 Å². The molecule has 0 aliphatic heterocycles. The van der Waals surface area contributed by atoms with E-state index in [4.69, 9.17) is 11.5 Å². The maximum atomic E-state index is 6.07. The lowest BCUT2D eigenvalue weighted by molar-refractivity contribution is 0.542. The van der Waals surface area contributed by atoms with E-state index in [1.807, 2.05) is 0 Å². The van der Waals surface area contributed by atoms with Crippen LogP contribution >= 0.6 is 11.3 Å². The first kappa shape index (κ1) is 8.23. The molecule has 1 saturated carbocycles. The summed E-state index contributed by atoms with van der Waals surface area (Å²) in [5, 5.41) is 2.08. The van der Waals surface area contributed by atoms with E-state index < -0.39 is 0 Å². The molecule has 2 rings (SSSR count). The van der Waals surface area contributed by atoms with Crippen LogP contribution < -0.4 is 11.5 Å². The minimum absolute atomic E-state index is 0.0532. The van der Waals surface area contributed by atoms with Crippen LogP contribution in [0.4, 0.5) is 0 Å². The zero-order chi connectivity index (χ0) is 8.77. The maximum Gasteiger partial charge on any atom is 0.0575 e. The molecule has 1 aromatic rings. The first-order valence-corrected chi connectivity index (χ1v) is 5.10. The van der Waals surface area contributed by atoms with Crippen molar-refractivity contribution >= 4 is 11.3 Å². The molecule has 0 saturated heterocycles. The van der Waals surface area contributed by atoms with Gasteiger partial charge >= 0.3 is 0 Å². The highest BCUT2D eigenvalue weighted by Crippen LogP contribution is 2.44. The van der Waals surface area contributed by atoms with Crippen molar-refractivity contribution in [3.63, 3.8) is 0 Å². The van der Waals surface area contributed by atoms with Gasteiger partial charge in [-0.3, -0.25) is 0 Å². The van der Waals surface area contributed by atoms with Crippen molar-refractivity contribution in [3.8, 4) is 0 Å². The molecule has 2 nitrogen and oxygen atoms in total. The lowest BCUT2D eigenvalue weighted by Gasteiger charge is -2.18. The summed E-state index contributed by atoms with van der Waals surface area (Å²) in [6.07, 6.45) is 2.15. The third kappa shape index (κ3) is 1.18. The minimum atomic E-state index is -0.0877. The Morgan fingerprint density at radius 3 is 2.67 bits per heavy atom. The number of hydrogen-bond acceptors (Lipinski definition) is 3. The molecule has 0 spiro atoms. The first-order chi connectivity index (χ1) is 5.63. The van der Waals surface area contributed by atoms with Crippen LogP contribution in [0.25, 0.3) is 0 Å². The van der Waals surface area contributed by atoms with Crippen LogP contribution in [0.5, 0.6) is 0 Å². The summed E-state index contributed by atoms with van der Waals surface area (Å²) in [7, 11) is 0. The lowest BCUT2D eigenvalue weighted by Crippen LogP contribution is -2.36. The predicted octanol–water partition coefficient (Wildman–Crippen LogP) is 1.55. The average molecular weight is 182 g/mol. The molecule has 4 N–H and O–H groups in total. The van der Waals surface area contributed by atoms with Gasteiger partial charge in [-0.25, -0.2) is 0 Å². The van der Waals surface area contributed by atoms with E-state index in [-0.39, 0.29) is 11.6 Å². The normalized spacial score (nSPS) is 22.2. The van der Waals surface area contributed by atoms with Crippen molar-refractivity contribution in [2.75, 3.05) is 0 Å². The van der Waals surface area contributed by atoms with E-state index in [2.05, 4.69) is 18.4 Å². The molecule has 3 heteroatoms. The second-order valence-electron chi connectivity index (χ2n) is 3.68. The van der Waals surface area contributed by atoms with Crippen LogP contribution in [-0.2, 0) is 0 Å². The second kappa shape index (κ2) is 2.55. The third-order valence-electron chi connectivity index (χ3n) is 2.63. The van der Waals surface area contributed by atoms with E-state index in [0.29, 0.717) is 0 Å². The summed E-state index contributed by atoms with van der Waals surface area (Å²) in [5.41, 5.74) is 13.3. The molecular weight excluding hydrogens is 168 g/mol. The van der Waals surface area contributed by atoms with Crippen LogP contribution in [0, 0.1) is 6.92 Å². The minimum Gasteiger partial charge on any atom is -0.323 e. The largest absolute Gasteiger partial charge is 0.323 e. The van der Waals surface area contributed by atoms with Crippen LogP contribution in [0.3, 0.4) is 0 Å². The van der Waals surface area contributed by atoms with Crippen molar-refractivity contribution in [3.05, 3.63) is 21.9 Å². The summed E-state index contributed by atoms with van der Waals surface area (Å²) in [4.78, 5) is 1.26. The highest BCUT2D eigenvalue weighted by Gasteiger charge is 2.45. The molecule has 1 heterocycles. The Balaban J connectivity index is 2.25. The zero-order valence-electron chi connectivity index (χ0n) is 7.21. The number of aryl methyl sites for hydroxylation is 1. The molecule has 1 aromatic heterocycles. The summed E-state index contributed by atoms with van der Waals surface area (Å²) < 4.78 is 0. The Labute approximate surface area is 76.6 Å². The standard InChI is InChI=1S/C9H14N2S/c1-6-2-5-12-7(6)8(10)9(11)3-4-9/h2,5,8H,3-4,10-11H2,1H3. The van der Waals surface area contributed by atoms with Crippen molar-refractivity contribution < 1.29 is 0 Å². The number of nitrogens with two attached hydrogens (primary N) is 2. The van der Waals surface area contributed by atoms with Crippen LogP contribution in [0.1, 0.15) is 29.3 Å². The molecule has 0 amide bonds. The Kier molecular flexibility index (Phi) is 1.75. The quantitative estimate of drug-likeness (QED) is 0.729. The molecule has 1 aliphatic carbocycles. The summed E-state index contributed by atoms with van der Waals surface area (Å²) >= 11 is 1.72. The van der Waals surface area contributed by atoms with Gasteiger partial charge in [0.1, 0.15) is 0 Å². The van der Waals surface area contributed by atoms with Gasteiger partial charge in [-0.1, -0.05) is 0 Å². The van der Waals surface area contributed by atoms with Crippen molar-refractivity contribution in [1.29, 1.82) is 0 Å². The molecule has 0 bridgehead atoms. The van der Waals surface area contributed by atoms with Crippen molar-refractivity contribution in [2.24, 2.45) is 11.5 Å². The highest BCUT2D eigenvalue weighted by atomic mass is 32.1. The summed E-state index contributed by atoms with van der Waals surface area (Å²) in [6, 6.07) is 2.16. The van der Waals surface area contributed by atoms with Gasteiger partial charge in [-0.15, -0.1) is 11.3 Å². The van der Waals surface area contributed by atoms with Gasteiger partial charge in [0.2, 0.25) is 0 Å². The van der Waals surface area contributed by atoms with Crippen molar-refractivity contribution in [2.45, 2.75) is 31.3 Å². The van der Waals surface area contributed by atoms with E-state index in [0.717, 1.165) is 12.8 Å². The van der Waals surface area contributed by atoms with Gasteiger partial charge < -0.3 is 11.5 Å². The molecule has 1 unspecified atom stereocenters. The number of rotatable bonds is 2. The lowest BCUT2D eigenvalue weighted by atomic mass is 10.0. The zero-order valence-corrected chi connectivity index (χ0v) is 8.03. The van der Waals surface area contributed by atoms with Crippen LogP contribution in [-0.4, -0.2) is 5.54 Å². The number of hydrogen-bond donors (Lipinski definition) is 2. The summed E-state index contributed by atoms with van der Waals surface area (Å²) in [6.45, 7) is 2.09. The molecule has 1 atom stereocenters. The van der Waals surface area contributed by atoms with Gasteiger partial charge in [0.05, 0.1) is 6.04 Å². The fourth-order valence-electron chi connectivity index (χ4n) is 1.42. The third-order valence-corrected chi connectivity index (χ3v) is 3.73. The van der Waals surface area contributed by atoms with Gasteiger partial charge in [0, 0.05) is 10.4 Å². The van der Waals surface area contributed by atoms with E-state index in [1.165, 1.54) is 10.4 Å². The van der Waals surface area contributed by atoms with Gasteiger partial charge in [-0.05, 0) is 36.8 Å². The fourth-order valence-corrected chi connectivity index (χ4v) is 2.47. The van der Waals surface area contributed by atoms with Gasteiger partial charge in [0.25, 0.3) is 0 Å². The predicted molar refractivity (Wildman–Crippen MR) is 52.1 cm³/mol. The van der Waals surface area contributed by atoms with Crippen LogP contribution in [0.2, 0.25) is 0 Å². The molecule has 1 fully saturated rings. The Morgan fingerprint density at radius 2 is 2.25 bits per heavy atom. The Bertz CT molecular complexity index is 288. The molecule has 66 valence electrons. The highest BCUT2D eigenvalue weighted by molar-refractivity contribution is 7.10. The van der Waals surface area contributed by atoms with Crippen molar-refractivity contribution in [1.82, 2.24) is 0 Å². The fraction of sp³-hybridized carbons (Fsp3) is 0.556. The number of thiophene rings is 1. The SMILES string of the molecule is Cc1ccsc1C(N)C1(N)CC1. The first-order valence-electron chi connectivity index (χ1n) is 4.22. The van der Waals surface area contributed by atoms with Gasteiger partial charge in [0.15, 0.2) is 0 Å². The molecule has 1 aliphatic rings. The Morgan fingerprint density at radius 1 is 1.58 bits per heavy atom. The molecule has 0 aromatic carbocycles. The smallest absolute Gasteiger partial charge is 0.0575 e. The van der Waals surface area contributed by atoms with Gasteiger partial charge in [-0.2, -0.15) is 0 Å². The second-order valence-corrected chi connectivity index (χ2v) is 4.63. The molecule has 0 radical (unpaired) electrons. The molecule has 12 heavy (non-hydrogen) atoms. The van der Waals surface area contributed by atoms with E-state index in [1.54, 1.807) is 11.3 Å². The monoisotopic (exact) mass is 182 g/mol.